The zero-order valence-corrected chi connectivity index (χ0v) is 13.2. The molecule has 0 aromatic heterocycles. The van der Waals surface area contributed by atoms with Gasteiger partial charge in [0.2, 0.25) is 0 Å². The standard InChI is InChI=1S/C18H22F3NO/c1-22(17-10-6-15(13-23)7-11-17)12-2-3-14-4-8-16(9-5-14)18(19,20)21/h4-5,8-9,15,17,23H,6-7,10-13H2,1H3. The number of alkyl halides is 3. The molecule has 1 aromatic carbocycles. The van der Waals surface area contributed by atoms with E-state index in [0.29, 0.717) is 24.1 Å². The van der Waals surface area contributed by atoms with E-state index in [1.807, 2.05) is 7.05 Å². The third kappa shape index (κ3) is 5.26. The van der Waals surface area contributed by atoms with Crippen molar-refractivity contribution < 1.29 is 18.3 Å². The first-order valence-electron chi connectivity index (χ1n) is 7.87. The van der Waals surface area contributed by atoms with E-state index < -0.39 is 11.7 Å². The van der Waals surface area contributed by atoms with Gasteiger partial charge in [-0.05, 0) is 62.9 Å². The Morgan fingerprint density at radius 1 is 1.13 bits per heavy atom. The molecule has 1 fully saturated rings. The minimum absolute atomic E-state index is 0.268. The van der Waals surface area contributed by atoms with E-state index >= 15 is 0 Å². The van der Waals surface area contributed by atoms with E-state index in [4.69, 9.17) is 5.11 Å². The van der Waals surface area contributed by atoms with Gasteiger partial charge in [-0.15, -0.1) is 0 Å². The highest BCUT2D eigenvalue weighted by Gasteiger charge is 2.29. The van der Waals surface area contributed by atoms with Crippen LogP contribution in [0.1, 0.15) is 36.8 Å². The van der Waals surface area contributed by atoms with Crippen LogP contribution in [-0.2, 0) is 6.18 Å². The van der Waals surface area contributed by atoms with Gasteiger partial charge in [-0.25, -0.2) is 0 Å². The number of halogens is 3. The molecule has 0 heterocycles. The van der Waals surface area contributed by atoms with E-state index in [1.165, 1.54) is 12.1 Å². The van der Waals surface area contributed by atoms with Gasteiger partial charge in [0, 0.05) is 18.2 Å². The number of aliphatic hydroxyl groups excluding tert-OH is 1. The molecule has 1 aliphatic carbocycles. The third-order valence-electron chi connectivity index (χ3n) is 4.47. The van der Waals surface area contributed by atoms with Crippen LogP contribution in [0.4, 0.5) is 13.2 Å². The van der Waals surface area contributed by atoms with E-state index in [9.17, 15) is 13.2 Å². The molecule has 0 aliphatic heterocycles. The van der Waals surface area contributed by atoms with Gasteiger partial charge >= 0.3 is 6.18 Å². The van der Waals surface area contributed by atoms with Crippen molar-refractivity contribution in [2.24, 2.45) is 5.92 Å². The van der Waals surface area contributed by atoms with E-state index in [1.54, 1.807) is 0 Å². The average molecular weight is 325 g/mol. The molecule has 2 rings (SSSR count). The Kier molecular flexibility index (Phi) is 6.09. The van der Waals surface area contributed by atoms with Crippen molar-refractivity contribution in [3.05, 3.63) is 35.4 Å². The molecule has 0 atom stereocenters. The van der Waals surface area contributed by atoms with E-state index in [2.05, 4.69) is 16.7 Å². The van der Waals surface area contributed by atoms with Crippen LogP contribution in [0.3, 0.4) is 0 Å². The van der Waals surface area contributed by atoms with Crippen LogP contribution in [0, 0.1) is 17.8 Å². The van der Waals surface area contributed by atoms with Crippen LogP contribution in [0.2, 0.25) is 0 Å². The summed E-state index contributed by atoms with van der Waals surface area (Å²) >= 11 is 0. The molecule has 1 aromatic rings. The molecule has 0 amide bonds. The Hall–Kier alpha value is -1.51. The summed E-state index contributed by atoms with van der Waals surface area (Å²) in [7, 11) is 2.02. The maximum Gasteiger partial charge on any atom is 0.416 e. The topological polar surface area (TPSA) is 23.5 Å². The lowest BCUT2D eigenvalue weighted by Crippen LogP contribution is -2.35. The van der Waals surface area contributed by atoms with Gasteiger partial charge in [-0.2, -0.15) is 13.2 Å². The highest BCUT2D eigenvalue weighted by Crippen LogP contribution is 2.29. The molecule has 0 unspecified atom stereocenters. The largest absolute Gasteiger partial charge is 0.416 e. The highest BCUT2D eigenvalue weighted by atomic mass is 19.4. The Labute approximate surface area is 135 Å². The molecule has 0 radical (unpaired) electrons. The van der Waals surface area contributed by atoms with Gasteiger partial charge in [-0.1, -0.05) is 11.8 Å². The first-order valence-corrected chi connectivity index (χ1v) is 7.87. The minimum atomic E-state index is -4.31. The molecule has 23 heavy (non-hydrogen) atoms. The van der Waals surface area contributed by atoms with Crippen molar-refractivity contribution >= 4 is 0 Å². The van der Waals surface area contributed by atoms with Crippen molar-refractivity contribution in [3.63, 3.8) is 0 Å². The Bertz CT molecular complexity index is 548. The number of rotatable bonds is 3. The number of hydrogen-bond donors (Lipinski definition) is 1. The fourth-order valence-electron chi connectivity index (χ4n) is 2.91. The molecule has 0 spiro atoms. The number of hydrogen-bond acceptors (Lipinski definition) is 2. The predicted molar refractivity (Wildman–Crippen MR) is 83.8 cm³/mol. The lowest BCUT2D eigenvalue weighted by Gasteiger charge is -2.33. The summed E-state index contributed by atoms with van der Waals surface area (Å²) in [5.41, 5.74) is -0.0591. The quantitative estimate of drug-likeness (QED) is 0.859. The lowest BCUT2D eigenvalue weighted by molar-refractivity contribution is -0.137. The Balaban J connectivity index is 1.85. The summed E-state index contributed by atoms with van der Waals surface area (Å²) in [6, 6.07) is 5.40. The normalized spacial score (nSPS) is 21.8. The second-order valence-electron chi connectivity index (χ2n) is 6.15. The monoisotopic (exact) mass is 325 g/mol. The summed E-state index contributed by atoms with van der Waals surface area (Å²) in [6.45, 7) is 0.861. The van der Waals surface area contributed by atoms with Crippen molar-refractivity contribution in [2.75, 3.05) is 20.2 Å². The van der Waals surface area contributed by atoms with Crippen molar-refractivity contribution in [2.45, 2.75) is 37.9 Å². The maximum atomic E-state index is 12.5. The maximum absolute atomic E-state index is 12.5. The average Bonchev–Trinajstić information content (AvgIpc) is 2.54. The molecule has 1 N–H and O–H groups in total. The SMILES string of the molecule is CN(CC#Cc1ccc(C(F)(F)F)cc1)C1CCC(CO)CC1. The third-order valence-corrected chi connectivity index (χ3v) is 4.47. The van der Waals surface area contributed by atoms with Crippen LogP contribution < -0.4 is 0 Å². The molecule has 1 saturated carbocycles. The number of benzene rings is 1. The van der Waals surface area contributed by atoms with E-state index in [-0.39, 0.29) is 6.61 Å². The fourth-order valence-corrected chi connectivity index (χ4v) is 2.91. The Morgan fingerprint density at radius 2 is 1.74 bits per heavy atom. The number of aliphatic hydroxyl groups is 1. The molecule has 0 bridgehead atoms. The van der Waals surface area contributed by atoms with Crippen molar-refractivity contribution in [3.8, 4) is 11.8 Å². The molecule has 1 aliphatic rings. The van der Waals surface area contributed by atoms with Crippen LogP contribution >= 0.6 is 0 Å². The smallest absolute Gasteiger partial charge is 0.396 e. The fraction of sp³-hybridized carbons (Fsp3) is 0.556. The van der Waals surface area contributed by atoms with Gasteiger partial charge in [-0.3, -0.25) is 4.90 Å². The lowest BCUT2D eigenvalue weighted by atomic mass is 9.86. The molecule has 126 valence electrons. The molecule has 0 saturated heterocycles. The zero-order chi connectivity index (χ0) is 16.9. The van der Waals surface area contributed by atoms with Crippen molar-refractivity contribution in [1.82, 2.24) is 4.90 Å². The summed E-state index contributed by atoms with van der Waals surface area (Å²) in [5.74, 6) is 6.37. The van der Waals surface area contributed by atoms with Gasteiger partial charge in [0.15, 0.2) is 0 Å². The Morgan fingerprint density at radius 3 is 2.26 bits per heavy atom. The predicted octanol–water partition coefficient (Wildman–Crippen LogP) is 3.54. The first kappa shape index (κ1) is 17.8. The highest BCUT2D eigenvalue weighted by molar-refractivity contribution is 5.37. The van der Waals surface area contributed by atoms with E-state index in [0.717, 1.165) is 37.8 Å². The van der Waals surface area contributed by atoms with Crippen LogP contribution in [-0.4, -0.2) is 36.2 Å². The first-order chi connectivity index (χ1) is 10.9. The second kappa shape index (κ2) is 7.85. The zero-order valence-electron chi connectivity index (χ0n) is 13.2. The van der Waals surface area contributed by atoms with Crippen LogP contribution in [0.15, 0.2) is 24.3 Å². The summed E-state index contributed by atoms with van der Waals surface area (Å²) < 4.78 is 37.4. The van der Waals surface area contributed by atoms with Crippen LogP contribution in [0.25, 0.3) is 0 Å². The molecular weight excluding hydrogens is 303 g/mol. The second-order valence-corrected chi connectivity index (χ2v) is 6.15. The molecule has 2 nitrogen and oxygen atoms in total. The van der Waals surface area contributed by atoms with Gasteiger partial charge in [0.25, 0.3) is 0 Å². The van der Waals surface area contributed by atoms with Crippen LogP contribution in [0.5, 0.6) is 0 Å². The van der Waals surface area contributed by atoms with Crippen molar-refractivity contribution in [1.29, 1.82) is 0 Å². The van der Waals surface area contributed by atoms with Gasteiger partial charge < -0.3 is 5.11 Å². The molecular formula is C18H22F3NO. The van der Waals surface area contributed by atoms with Gasteiger partial charge in [0.1, 0.15) is 0 Å². The molecule has 5 heteroatoms. The number of nitrogens with zero attached hydrogens (tertiary/aromatic N) is 1. The summed E-state index contributed by atoms with van der Waals surface area (Å²) in [5, 5.41) is 9.15. The summed E-state index contributed by atoms with van der Waals surface area (Å²) in [6.07, 6.45) is -0.108. The minimum Gasteiger partial charge on any atom is -0.396 e. The summed E-state index contributed by atoms with van der Waals surface area (Å²) in [4.78, 5) is 2.19. The van der Waals surface area contributed by atoms with Gasteiger partial charge in [0.05, 0.1) is 12.1 Å².